The van der Waals surface area contributed by atoms with E-state index in [1.807, 2.05) is 4.57 Å². The number of hydrogen-bond donors (Lipinski definition) is 2. The van der Waals surface area contributed by atoms with Crippen LogP contribution in [-0.2, 0) is 10.4 Å². The average Bonchev–Trinajstić information content (AvgIpc) is 2.97. The lowest BCUT2D eigenvalue weighted by molar-refractivity contribution is -0.120. The van der Waals surface area contributed by atoms with Crippen LogP contribution in [0.4, 0.5) is 10.3 Å². The molecule has 1 aliphatic carbocycles. The summed E-state index contributed by atoms with van der Waals surface area (Å²) in [5.74, 6) is -0.639. The van der Waals surface area contributed by atoms with Crippen LogP contribution < -0.4 is 5.32 Å². The molecular weight excluding hydrogens is 371 g/mol. The highest BCUT2D eigenvalue weighted by atomic mass is 19.1. The normalized spacial score (nSPS) is 16.1. The lowest BCUT2D eigenvalue weighted by Gasteiger charge is -2.29. The van der Waals surface area contributed by atoms with Crippen LogP contribution in [0.2, 0.25) is 0 Å². The van der Waals surface area contributed by atoms with E-state index in [0.29, 0.717) is 17.0 Å². The number of nitrogens with zero attached hydrogens (tertiary/aromatic N) is 3. The Morgan fingerprint density at radius 2 is 2.14 bits per heavy atom. The zero-order valence-corrected chi connectivity index (χ0v) is 16.0. The van der Waals surface area contributed by atoms with Crippen molar-refractivity contribution in [3.8, 4) is 6.07 Å². The maximum absolute atomic E-state index is 14.1. The zero-order chi connectivity index (χ0) is 20.6. The van der Waals surface area contributed by atoms with Gasteiger partial charge < -0.3 is 9.67 Å². The number of imidazole rings is 1. The first-order chi connectivity index (χ1) is 13.9. The van der Waals surface area contributed by atoms with Gasteiger partial charge in [0.15, 0.2) is 0 Å². The predicted molar refractivity (Wildman–Crippen MR) is 107 cm³/mol. The van der Waals surface area contributed by atoms with E-state index in [9.17, 15) is 19.6 Å². The second kappa shape index (κ2) is 7.30. The van der Waals surface area contributed by atoms with Crippen LogP contribution in [0.25, 0.3) is 11.0 Å². The quantitative estimate of drug-likeness (QED) is 0.686. The number of fused-ring (bicyclic) bond motifs is 1. The monoisotopic (exact) mass is 392 g/mol. The van der Waals surface area contributed by atoms with Gasteiger partial charge in [-0.05, 0) is 50.5 Å². The Hall–Kier alpha value is -3.24. The first-order valence-electron chi connectivity index (χ1n) is 9.58. The van der Waals surface area contributed by atoms with Gasteiger partial charge in [0.05, 0.1) is 34.7 Å². The molecule has 4 rings (SSSR count). The Morgan fingerprint density at radius 3 is 2.79 bits per heavy atom. The summed E-state index contributed by atoms with van der Waals surface area (Å²) in [7, 11) is 0. The van der Waals surface area contributed by atoms with Crippen LogP contribution >= 0.6 is 0 Å². The van der Waals surface area contributed by atoms with E-state index >= 15 is 0 Å². The molecule has 0 aliphatic heterocycles. The lowest BCUT2D eigenvalue weighted by Crippen LogP contribution is -2.30. The van der Waals surface area contributed by atoms with Crippen molar-refractivity contribution in [2.75, 3.05) is 5.32 Å². The molecular formula is C22H21FN4O2. The Kier molecular flexibility index (Phi) is 4.81. The fraction of sp³-hybridized carbons (Fsp3) is 0.318. The molecule has 1 heterocycles. The number of nitriles is 1. The van der Waals surface area contributed by atoms with Crippen molar-refractivity contribution < 1.29 is 14.3 Å². The predicted octanol–water partition coefficient (Wildman–Crippen LogP) is 4.01. The molecule has 0 unspecified atom stereocenters. The van der Waals surface area contributed by atoms with Crippen LogP contribution in [-0.4, -0.2) is 20.6 Å². The van der Waals surface area contributed by atoms with Gasteiger partial charge >= 0.3 is 0 Å². The molecule has 1 amide bonds. The summed E-state index contributed by atoms with van der Waals surface area (Å²) in [6.45, 7) is 1.42. The highest BCUT2D eigenvalue weighted by Gasteiger charge is 2.31. The Labute approximate surface area is 167 Å². The van der Waals surface area contributed by atoms with Gasteiger partial charge in [-0.1, -0.05) is 18.2 Å². The summed E-state index contributed by atoms with van der Waals surface area (Å²) >= 11 is 0. The van der Waals surface area contributed by atoms with Crippen molar-refractivity contribution in [3.05, 3.63) is 59.4 Å². The molecule has 0 saturated heterocycles. The molecule has 7 heteroatoms. The van der Waals surface area contributed by atoms with Gasteiger partial charge in [0, 0.05) is 11.6 Å². The fourth-order valence-corrected chi connectivity index (χ4v) is 3.74. The van der Waals surface area contributed by atoms with Gasteiger partial charge in [-0.2, -0.15) is 5.26 Å². The number of amides is 1. The van der Waals surface area contributed by atoms with Crippen molar-refractivity contribution in [3.63, 3.8) is 0 Å². The molecule has 0 spiro atoms. The van der Waals surface area contributed by atoms with Gasteiger partial charge in [0.1, 0.15) is 5.82 Å². The second-order valence-electron chi connectivity index (χ2n) is 7.68. The van der Waals surface area contributed by atoms with Crippen molar-refractivity contribution in [1.29, 1.82) is 5.26 Å². The van der Waals surface area contributed by atoms with Crippen LogP contribution in [0.1, 0.15) is 49.8 Å². The number of nitrogens with one attached hydrogen (secondary N) is 1. The molecule has 6 nitrogen and oxygen atoms in total. The SMILES string of the molecule is C[C@@](O)(CC(=O)Nc1nc2ccc(C#N)cc2n1C1CCC1)c1ccccc1F. The van der Waals surface area contributed by atoms with Gasteiger partial charge in [-0.15, -0.1) is 0 Å². The third-order valence-electron chi connectivity index (χ3n) is 5.47. The average molecular weight is 392 g/mol. The lowest BCUT2D eigenvalue weighted by atomic mass is 9.91. The van der Waals surface area contributed by atoms with E-state index in [2.05, 4.69) is 16.4 Å². The number of rotatable bonds is 5. The first kappa shape index (κ1) is 19.1. The molecule has 1 saturated carbocycles. The Bertz CT molecular complexity index is 1130. The summed E-state index contributed by atoms with van der Waals surface area (Å²) in [5.41, 5.74) is 0.424. The molecule has 1 aromatic heterocycles. The second-order valence-corrected chi connectivity index (χ2v) is 7.68. The molecule has 2 aromatic carbocycles. The van der Waals surface area contributed by atoms with Crippen molar-refractivity contribution in [1.82, 2.24) is 9.55 Å². The van der Waals surface area contributed by atoms with Crippen molar-refractivity contribution in [2.45, 2.75) is 44.2 Å². The molecule has 1 aliphatic rings. The van der Waals surface area contributed by atoms with E-state index in [-0.39, 0.29) is 18.0 Å². The topological polar surface area (TPSA) is 90.9 Å². The molecule has 148 valence electrons. The van der Waals surface area contributed by atoms with E-state index in [0.717, 1.165) is 24.8 Å². The minimum atomic E-state index is -1.66. The standard InChI is InChI=1S/C22H21FN4O2/c1-22(29,16-7-2-3-8-17(16)23)12-20(28)26-21-25-18-10-9-14(13-24)11-19(18)27(21)15-5-4-6-15/h2-3,7-11,15,29H,4-6,12H2,1H3,(H,25,26,28)/t22-/m1/s1. The Balaban J connectivity index is 1.63. The summed E-state index contributed by atoms with van der Waals surface area (Å²) in [6.07, 6.45) is 2.72. The molecule has 2 N–H and O–H groups in total. The maximum Gasteiger partial charge on any atom is 0.229 e. The van der Waals surface area contributed by atoms with Gasteiger partial charge in [-0.3, -0.25) is 10.1 Å². The molecule has 3 aromatic rings. The van der Waals surface area contributed by atoms with Crippen LogP contribution in [0.3, 0.4) is 0 Å². The fourth-order valence-electron chi connectivity index (χ4n) is 3.74. The van der Waals surface area contributed by atoms with E-state index < -0.39 is 17.3 Å². The van der Waals surface area contributed by atoms with Crippen LogP contribution in [0, 0.1) is 17.1 Å². The third kappa shape index (κ3) is 3.59. The number of anilines is 1. The molecule has 1 atom stereocenters. The van der Waals surface area contributed by atoms with Gasteiger partial charge in [-0.25, -0.2) is 9.37 Å². The number of halogens is 1. The van der Waals surface area contributed by atoms with E-state index in [1.165, 1.54) is 25.1 Å². The van der Waals surface area contributed by atoms with E-state index in [1.54, 1.807) is 24.3 Å². The highest BCUT2D eigenvalue weighted by Crippen LogP contribution is 2.37. The number of hydrogen-bond acceptors (Lipinski definition) is 4. The summed E-state index contributed by atoms with van der Waals surface area (Å²) in [5, 5.41) is 22.7. The third-order valence-corrected chi connectivity index (χ3v) is 5.47. The number of benzene rings is 2. The van der Waals surface area contributed by atoms with E-state index in [4.69, 9.17) is 0 Å². The highest BCUT2D eigenvalue weighted by molar-refractivity contribution is 5.92. The molecule has 29 heavy (non-hydrogen) atoms. The smallest absolute Gasteiger partial charge is 0.229 e. The van der Waals surface area contributed by atoms with Gasteiger partial charge in [0.25, 0.3) is 0 Å². The van der Waals surface area contributed by atoms with Crippen LogP contribution in [0.15, 0.2) is 42.5 Å². The van der Waals surface area contributed by atoms with Crippen LogP contribution in [0.5, 0.6) is 0 Å². The summed E-state index contributed by atoms with van der Waals surface area (Å²) < 4.78 is 16.0. The maximum atomic E-state index is 14.1. The number of aliphatic hydroxyl groups is 1. The number of aromatic nitrogens is 2. The molecule has 0 radical (unpaired) electrons. The first-order valence-corrected chi connectivity index (χ1v) is 9.58. The number of carbonyl (C=O) groups is 1. The summed E-state index contributed by atoms with van der Waals surface area (Å²) in [6, 6.07) is 13.4. The minimum absolute atomic E-state index is 0.0707. The Morgan fingerprint density at radius 1 is 1.38 bits per heavy atom. The molecule has 0 bridgehead atoms. The summed E-state index contributed by atoms with van der Waals surface area (Å²) in [4.78, 5) is 17.2. The zero-order valence-electron chi connectivity index (χ0n) is 16.0. The minimum Gasteiger partial charge on any atom is -0.385 e. The van der Waals surface area contributed by atoms with Crippen molar-refractivity contribution >= 4 is 22.9 Å². The van der Waals surface area contributed by atoms with Gasteiger partial charge in [0.2, 0.25) is 11.9 Å². The molecule has 1 fully saturated rings. The number of carbonyl (C=O) groups excluding carboxylic acids is 1. The largest absolute Gasteiger partial charge is 0.385 e. The van der Waals surface area contributed by atoms with Crippen molar-refractivity contribution in [2.24, 2.45) is 0 Å².